The maximum atomic E-state index is 11.3. The summed E-state index contributed by atoms with van der Waals surface area (Å²) in [6.07, 6.45) is 3.34. The van der Waals surface area contributed by atoms with Gasteiger partial charge in [0.25, 0.3) is 0 Å². The van der Waals surface area contributed by atoms with Crippen molar-refractivity contribution in [2.45, 2.75) is 19.0 Å². The Morgan fingerprint density at radius 1 is 1.71 bits per heavy atom. The van der Waals surface area contributed by atoms with Crippen molar-refractivity contribution in [3.05, 3.63) is 18.2 Å². The number of esters is 1. The number of carbonyl (C=O) groups excluding carboxylic acids is 1. The van der Waals surface area contributed by atoms with Crippen molar-refractivity contribution in [1.29, 1.82) is 0 Å². The van der Waals surface area contributed by atoms with Gasteiger partial charge < -0.3 is 14.4 Å². The minimum Gasteiger partial charge on any atom is -0.480 e. The molecule has 17 heavy (non-hydrogen) atoms. The van der Waals surface area contributed by atoms with Crippen molar-refractivity contribution in [2.75, 3.05) is 7.11 Å². The van der Waals surface area contributed by atoms with Gasteiger partial charge in [-0.05, 0) is 0 Å². The van der Waals surface area contributed by atoms with Crippen molar-refractivity contribution in [3.8, 4) is 0 Å². The lowest BCUT2D eigenvalue weighted by Gasteiger charge is -2.11. The van der Waals surface area contributed by atoms with Crippen LogP contribution < -0.4 is 5.09 Å². The molecule has 0 aliphatic rings. The first kappa shape index (κ1) is 13.6. The van der Waals surface area contributed by atoms with Crippen LogP contribution in [0.1, 0.15) is 5.69 Å². The van der Waals surface area contributed by atoms with Crippen molar-refractivity contribution in [1.82, 2.24) is 14.6 Å². The van der Waals surface area contributed by atoms with Crippen LogP contribution in [0.5, 0.6) is 0 Å². The fourth-order valence-corrected chi connectivity index (χ4v) is 1.57. The minimum atomic E-state index is -0.942. The summed E-state index contributed by atoms with van der Waals surface area (Å²) in [7, 11) is 3.55. The Morgan fingerprint density at radius 2 is 2.41 bits per heavy atom. The number of aromatic nitrogens is 2. The van der Waals surface area contributed by atoms with E-state index < -0.39 is 18.0 Å². The van der Waals surface area contributed by atoms with Crippen LogP contribution in [-0.4, -0.2) is 39.7 Å². The molecule has 1 unspecified atom stereocenters. The van der Waals surface area contributed by atoms with Gasteiger partial charge in [-0.1, -0.05) is 9.39 Å². The van der Waals surface area contributed by atoms with E-state index in [9.17, 15) is 9.59 Å². The van der Waals surface area contributed by atoms with E-state index in [0.29, 0.717) is 12.1 Å². The van der Waals surface area contributed by atoms with Crippen LogP contribution in [-0.2, 0) is 27.3 Å². The number of carboxylic acid groups (broad SMARTS) is 1. The molecule has 1 aromatic heterocycles. The van der Waals surface area contributed by atoms with E-state index in [1.54, 1.807) is 6.20 Å². The molecule has 0 fully saturated rings. The smallest absolute Gasteiger partial charge is 0.323 e. The zero-order valence-electron chi connectivity index (χ0n) is 9.29. The van der Waals surface area contributed by atoms with Crippen molar-refractivity contribution in [2.24, 2.45) is 0 Å². The van der Waals surface area contributed by atoms with Crippen LogP contribution in [0.3, 0.4) is 0 Å². The van der Waals surface area contributed by atoms with Gasteiger partial charge in [0, 0.05) is 12.6 Å². The Morgan fingerprint density at radius 3 is 2.94 bits per heavy atom. The SMILES string of the molecule is COC(=O)[C@@H](Cc1cn(CC(=O)O)cn1)NP. The van der Waals surface area contributed by atoms with Gasteiger partial charge in [0.15, 0.2) is 0 Å². The molecule has 0 amide bonds. The number of aliphatic carboxylic acids is 1. The largest absolute Gasteiger partial charge is 0.480 e. The summed E-state index contributed by atoms with van der Waals surface area (Å²) in [5.41, 5.74) is 0.622. The molecule has 2 N–H and O–H groups in total. The summed E-state index contributed by atoms with van der Waals surface area (Å²) in [5.74, 6) is -1.34. The molecule has 0 saturated heterocycles. The topological polar surface area (TPSA) is 93.5 Å². The summed E-state index contributed by atoms with van der Waals surface area (Å²) in [5, 5.41) is 11.3. The first-order valence-corrected chi connectivity index (χ1v) is 5.41. The summed E-state index contributed by atoms with van der Waals surface area (Å²) in [4.78, 5) is 25.8. The minimum absolute atomic E-state index is 0.149. The van der Waals surface area contributed by atoms with Gasteiger partial charge in [-0.3, -0.25) is 14.7 Å². The van der Waals surface area contributed by atoms with Gasteiger partial charge in [-0.25, -0.2) is 4.98 Å². The molecule has 2 atom stereocenters. The highest BCUT2D eigenvalue weighted by molar-refractivity contribution is 7.13. The van der Waals surface area contributed by atoms with Crippen LogP contribution in [0.25, 0.3) is 0 Å². The molecule has 0 radical (unpaired) electrons. The highest BCUT2D eigenvalue weighted by atomic mass is 31.0. The van der Waals surface area contributed by atoms with E-state index in [2.05, 4.69) is 24.2 Å². The average Bonchev–Trinajstić information content (AvgIpc) is 2.71. The molecule has 0 bridgehead atoms. The maximum absolute atomic E-state index is 11.3. The van der Waals surface area contributed by atoms with E-state index in [1.165, 1.54) is 18.0 Å². The molecular weight excluding hydrogens is 245 g/mol. The average molecular weight is 259 g/mol. The highest BCUT2D eigenvalue weighted by Gasteiger charge is 2.18. The van der Waals surface area contributed by atoms with Gasteiger partial charge in [-0.15, -0.1) is 0 Å². The number of hydrogen-bond acceptors (Lipinski definition) is 5. The zero-order valence-corrected chi connectivity index (χ0v) is 10.4. The summed E-state index contributed by atoms with van der Waals surface area (Å²) in [6, 6.07) is -0.516. The molecule has 0 aliphatic carbocycles. The number of carboxylic acids is 1. The number of methoxy groups -OCH3 is 1. The third-order valence-corrected chi connectivity index (χ3v) is 2.51. The molecule has 0 spiro atoms. The van der Waals surface area contributed by atoms with Gasteiger partial charge in [0.1, 0.15) is 12.6 Å². The molecule has 94 valence electrons. The van der Waals surface area contributed by atoms with Gasteiger partial charge >= 0.3 is 11.9 Å². The fourth-order valence-electron chi connectivity index (χ4n) is 1.32. The highest BCUT2D eigenvalue weighted by Crippen LogP contribution is 2.04. The summed E-state index contributed by atoms with van der Waals surface area (Å²) < 4.78 is 6.04. The molecule has 1 heterocycles. The lowest BCUT2D eigenvalue weighted by Crippen LogP contribution is -2.33. The van der Waals surface area contributed by atoms with Crippen LogP contribution in [0.15, 0.2) is 12.5 Å². The molecule has 1 rings (SSSR count). The second-order valence-corrected chi connectivity index (χ2v) is 3.71. The van der Waals surface area contributed by atoms with E-state index in [-0.39, 0.29) is 6.54 Å². The standard InChI is InChI=1S/C9H14N3O4P/c1-16-9(15)7(11-17)2-6-3-12(5-10-6)4-8(13)14/h3,5,7,11H,2,4,17H2,1H3,(H,13,14)/t7-/m1/s1. The predicted molar refractivity (Wildman–Crippen MR) is 62.2 cm³/mol. The van der Waals surface area contributed by atoms with Crippen LogP contribution in [0.4, 0.5) is 0 Å². The Hall–Kier alpha value is -1.46. The molecular formula is C9H14N3O4P. The lowest BCUT2D eigenvalue weighted by atomic mass is 10.2. The number of imidazole rings is 1. The fraction of sp³-hybridized carbons (Fsp3) is 0.444. The van der Waals surface area contributed by atoms with E-state index in [4.69, 9.17) is 5.11 Å². The molecule has 0 aliphatic heterocycles. The zero-order chi connectivity index (χ0) is 12.8. The third kappa shape index (κ3) is 4.13. The predicted octanol–water partition coefficient (Wildman–Crippen LogP) is -0.569. The second-order valence-electron chi connectivity index (χ2n) is 3.38. The molecule has 8 heteroatoms. The quantitative estimate of drug-likeness (QED) is 0.525. The number of carbonyl (C=O) groups is 2. The first-order chi connectivity index (χ1) is 8.06. The maximum Gasteiger partial charge on any atom is 0.323 e. The Balaban J connectivity index is 2.64. The number of nitrogens with zero attached hydrogens (tertiary/aromatic N) is 2. The molecule has 1 aromatic rings. The van der Waals surface area contributed by atoms with Gasteiger partial charge in [-0.2, -0.15) is 0 Å². The number of hydrogen-bond donors (Lipinski definition) is 2. The number of ether oxygens (including phenoxy) is 1. The third-order valence-electron chi connectivity index (χ3n) is 2.10. The monoisotopic (exact) mass is 259 g/mol. The molecule has 0 saturated carbocycles. The second kappa shape index (κ2) is 6.32. The van der Waals surface area contributed by atoms with E-state index >= 15 is 0 Å². The Kier molecular flexibility index (Phi) is 5.06. The van der Waals surface area contributed by atoms with Gasteiger partial charge in [0.2, 0.25) is 0 Å². The Labute approximate surface area is 100 Å². The number of nitrogens with one attached hydrogen (secondary N) is 1. The molecule has 0 aromatic carbocycles. The normalized spacial score (nSPS) is 12.1. The summed E-state index contributed by atoms with van der Waals surface area (Å²) in [6.45, 7) is -0.149. The number of rotatable bonds is 6. The van der Waals surface area contributed by atoms with Gasteiger partial charge in [0.05, 0.1) is 19.1 Å². The molecule has 7 nitrogen and oxygen atoms in total. The van der Waals surface area contributed by atoms with E-state index in [1.807, 2.05) is 0 Å². The first-order valence-electron chi connectivity index (χ1n) is 4.83. The van der Waals surface area contributed by atoms with E-state index in [0.717, 1.165) is 0 Å². The van der Waals surface area contributed by atoms with Crippen LogP contribution in [0, 0.1) is 0 Å². The van der Waals surface area contributed by atoms with Crippen molar-refractivity contribution in [3.63, 3.8) is 0 Å². The summed E-state index contributed by atoms with van der Waals surface area (Å²) >= 11 is 0. The van der Waals surface area contributed by atoms with Crippen LogP contribution >= 0.6 is 9.39 Å². The van der Waals surface area contributed by atoms with Crippen molar-refractivity contribution < 1.29 is 19.4 Å². The van der Waals surface area contributed by atoms with Crippen LogP contribution in [0.2, 0.25) is 0 Å². The lowest BCUT2D eigenvalue weighted by molar-refractivity contribution is -0.142. The van der Waals surface area contributed by atoms with Crippen molar-refractivity contribution >= 4 is 21.3 Å². The Bertz CT molecular complexity index is 407.